The first-order valence-corrected chi connectivity index (χ1v) is 8.18. The molecule has 0 spiro atoms. The number of halogens is 1. The van der Waals surface area contributed by atoms with Gasteiger partial charge in [-0.2, -0.15) is 11.3 Å². The van der Waals surface area contributed by atoms with E-state index in [9.17, 15) is 0 Å². The highest BCUT2D eigenvalue weighted by atomic mass is 79.9. The van der Waals surface area contributed by atoms with Crippen LogP contribution in [0.4, 0.5) is 0 Å². The number of thiophene rings is 1. The molecular weight excluding hydrogens is 318 g/mol. The Morgan fingerprint density at radius 3 is 3.06 bits per heavy atom. The molecule has 0 bridgehead atoms. The summed E-state index contributed by atoms with van der Waals surface area (Å²) in [5.41, 5.74) is 2.42. The summed E-state index contributed by atoms with van der Waals surface area (Å²) in [6.45, 7) is 1.81. The average molecular weight is 330 g/mol. The van der Waals surface area contributed by atoms with Gasteiger partial charge < -0.3 is 4.74 Å². The first kappa shape index (κ1) is 11.8. The third kappa shape index (κ3) is 2.62. The Morgan fingerprint density at radius 1 is 1.41 bits per heavy atom. The van der Waals surface area contributed by atoms with Crippen molar-refractivity contribution >= 4 is 38.6 Å². The highest BCUT2D eigenvalue weighted by Gasteiger charge is 2.18. The smallest absolute Gasteiger partial charge is 0.125 e. The fourth-order valence-electron chi connectivity index (χ4n) is 2.00. The van der Waals surface area contributed by atoms with Crippen LogP contribution in [0.1, 0.15) is 12.1 Å². The molecule has 90 valence electrons. The van der Waals surface area contributed by atoms with Gasteiger partial charge in [0, 0.05) is 39.4 Å². The van der Waals surface area contributed by atoms with Gasteiger partial charge in [0.05, 0.1) is 5.69 Å². The van der Waals surface area contributed by atoms with Crippen LogP contribution in [-0.2, 0) is 11.2 Å². The first-order valence-electron chi connectivity index (χ1n) is 5.57. The topological polar surface area (TPSA) is 22.1 Å². The minimum Gasteiger partial charge on any atom is -0.381 e. The maximum absolute atomic E-state index is 5.40. The van der Waals surface area contributed by atoms with E-state index < -0.39 is 0 Å². The first-order chi connectivity index (χ1) is 8.33. The molecule has 3 heterocycles. The van der Waals surface area contributed by atoms with Crippen LogP contribution < -0.4 is 0 Å². The summed E-state index contributed by atoms with van der Waals surface area (Å²) in [5.74, 6) is 0.663. The average Bonchev–Trinajstić information content (AvgIpc) is 3.00. The molecule has 1 saturated heterocycles. The van der Waals surface area contributed by atoms with E-state index in [2.05, 4.69) is 32.1 Å². The lowest BCUT2D eigenvalue weighted by atomic mass is 10.0. The van der Waals surface area contributed by atoms with Crippen molar-refractivity contribution in [1.29, 1.82) is 0 Å². The van der Waals surface area contributed by atoms with Gasteiger partial charge in [0.1, 0.15) is 5.01 Å². The third-order valence-electron chi connectivity index (χ3n) is 2.92. The van der Waals surface area contributed by atoms with Crippen molar-refractivity contribution in [3.8, 4) is 10.6 Å². The number of rotatable bonds is 3. The standard InChI is InChI=1S/C12H12BrNOS2/c13-11-7-16-6-10(11)12-14-9(5-17-12)3-8-1-2-15-4-8/h5-8H,1-4H2. The Hall–Kier alpha value is -0.230. The second-order valence-electron chi connectivity index (χ2n) is 4.21. The summed E-state index contributed by atoms with van der Waals surface area (Å²) in [5, 5.41) is 7.54. The molecule has 17 heavy (non-hydrogen) atoms. The molecule has 0 aromatic carbocycles. The van der Waals surface area contributed by atoms with E-state index in [1.165, 1.54) is 17.7 Å². The molecule has 2 aromatic rings. The lowest BCUT2D eigenvalue weighted by molar-refractivity contribution is 0.185. The summed E-state index contributed by atoms with van der Waals surface area (Å²) < 4.78 is 6.54. The highest BCUT2D eigenvalue weighted by molar-refractivity contribution is 9.10. The van der Waals surface area contributed by atoms with Crippen molar-refractivity contribution in [2.75, 3.05) is 13.2 Å². The van der Waals surface area contributed by atoms with Gasteiger partial charge in [-0.1, -0.05) is 0 Å². The maximum atomic E-state index is 5.40. The summed E-state index contributed by atoms with van der Waals surface area (Å²) in [7, 11) is 0. The molecule has 0 N–H and O–H groups in total. The number of nitrogens with zero attached hydrogens (tertiary/aromatic N) is 1. The predicted octanol–water partition coefficient (Wildman–Crippen LogP) is 4.21. The third-order valence-corrected chi connectivity index (χ3v) is 5.55. The quantitative estimate of drug-likeness (QED) is 0.841. The fraction of sp³-hybridized carbons (Fsp3) is 0.417. The molecule has 1 unspecified atom stereocenters. The number of hydrogen-bond donors (Lipinski definition) is 0. The molecule has 0 radical (unpaired) electrons. The molecule has 1 aliphatic heterocycles. The van der Waals surface area contributed by atoms with Crippen molar-refractivity contribution < 1.29 is 4.74 Å². The molecule has 0 saturated carbocycles. The van der Waals surface area contributed by atoms with Crippen molar-refractivity contribution in [3.63, 3.8) is 0 Å². The molecule has 1 aliphatic rings. The van der Waals surface area contributed by atoms with Crippen molar-refractivity contribution in [2.24, 2.45) is 5.92 Å². The minimum absolute atomic E-state index is 0.663. The van der Waals surface area contributed by atoms with Crippen LogP contribution in [-0.4, -0.2) is 18.2 Å². The van der Waals surface area contributed by atoms with Crippen LogP contribution >= 0.6 is 38.6 Å². The lowest BCUT2D eigenvalue weighted by Crippen LogP contribution is -2.03. The molecule has 5 heteroatoms. The van der Waals surface area contributed by atoms with Crippen molar-refractivity contribution in [1.82, 2.24) is 4.98 Å². The number of hydrogen-bond acceptors (Lipinski definition) is 4. The van der Waals surface area contributed by atoms with E-state index in [-0.39, 0.29) is 0 Å². The van der Waals surface area contributed by atoms with E-state index in [0.29, 0.717) is 5.92 Å². The molecule has 1 atom stereocenters. The summed E-state index contributed by atoms with van der Waals surface area (Å²) in [6.07, 6.45) is 2.23. The predicted molar refractivity (Wildman–Crippen MR) is 75.8 cm³/mol. The Bertz CT molecular complexity index is 502. The second-order valence-corrected chi connectivity index (χ2v) is 6.67. The van der Waals surface area contributed by atoms with Crippen LogP contribution in [0.5, 0.6) is 0 Å². The number of thiazole rings is 1. The minimum atomic E-state index is 0.663. The highest BCUT2D eigenvalue weighted by Crippen LogP contribution is 2.34. The van der Waals surface area contributed by atoms with Crippen LogP contribution in [0.25, 0.3) is 10.6 Å². The Labute approximate surface area is 117 Å². The second kappa shape index (κ2) is 5.18. The van der Waals surface area contributed by atoms with Crippen LogP contribution in [0.15, 0.2) is 20.6 Å². The van der Waals surface area contributed by atoms with E-state index >= 15 is 0 Å². The normalized spacial score (nSPS) is 19.9. The van der Waals surface area contributed by atoms with Gasteiger partial charge in [0.25, 0.3) is 0 Å². The van der Waals surface area contributed by atoms with Crippen molar-refractivity contribution in [3.05, 3.63) is 26.3 Å². The Balaban J connectivity index is 1.76. The Morgan fingerprint density at radius 2 is 2.35 bits per heavy atom. The molecule has 2 aromatic heterocycles. The molecule has 0 aliphatic carbocycles. The largest absolute Gasteiger partial charge is 0.381 e. The Kier molecular flexibility index (Phi) is 3.61. The van der Waals surface area contributed by atoms with Crippen LogP contribution in [0, 0.1) is 5.92 Å². The van der Waals surface area contributed by atoms with Gasteiger partial charge in [0.2, 0.25) is 0 Å². The van der Waals surface area contributed by atoms with Gasteiger partial charge in [0.15, 0.2) is 0 Å². The zero-order valence-electron chi connectivity index (χ0n) is 9.19. The molecule has 3 rings (SSSR count). The van der Waals surface area contributed by atoms with E-state index in [0.717, 1.165) is 29.1 Å². The van der Waals surface area contributed by atoms with Gasteiger partial charge in [-0.05, 0) is 34.7 Å². The van der Waals surface area contributed by atoms with Crippen molar-refractivity contribution in [2.45, 2.75) is 12.8 Å². The van der Waals surface area contributed by atoms with Gasteiger partial charge in [-0.3, -0.25) is 0 Å². The molecule has 2 nitrogen and oxygen atoms in total. The van der Waals surface area contributed by atoms with Gasteiger partial charge in [-0.25, -0.2) is 4.98 Å². The van der Waals surface area contributed by atoms with E-state index in [1.54, 1.807) is 22.7 Å². The lowest BCUT2D eigenvalue weighted by Gasteiger charge is -2.03. The SMILES string of the molecule is Brc1cscc1-c1nc(CC2CCOC2)cs1. The number of aromatic nitrogens is 1. The molecular formula is C12H12BrNOS2. The summed E-state index contributed by atoms with van der Waals surface area (Å²) in [4.78, 5) is 4.72. The van der Waals surface area contributed by atoms with Gasteiger partial charge >= 0.3 is 0 Å². The zero-order valence-corrected chi connectivity index (χ0v) is 12.4. The molecule has 0 amide bonds. The van der Waals surface area contributed by atoms with E-state index in [4.69, 9.17) is 9.72 Å². The zero-order chi connectivity index (χ0) is 11.7. The van der Waals surface area contributed by atoms with Crippen LogP contribution in [0.3, 0.4) is 0 Å². The van der Waals surface area contributed by atoms with Crippen LogP contribution in [0.2, 0.25) is 0 Å². The fourth-order valence-corrected chi connectivity index (χ4v) is 4.53. The van der Waals surface area contributed by atoms with E-state index in [1.807, 2.05) is 0 Å². The van der Waals surface area contributed by atoms with Gasteiger partial charge in [-0.15, -0.1) is 11.3 Å². The summed E-state index contributed by atoms with van der Waals surface area (Å²) >= 11 is 6.99. The monoisotopic (exact) mass is 329 g/mol. The maximum Gasteiger partial charge on any atom is 0.125 e. The molecule has 1 fully saturated rings. The number of ether oxygens (including phenoxy) is 1. The summed E-state index contributed by atoms with van der Waals surface area (Å²) in [6, 6.07) is 0.